The van der Waals surface area contributed by atoms with Crippen LogP contribution < -0.4 is 10.1 Å². The third-order valence-electron chi connectivity index (χ3n) is 4.24. The van der Waals surface area contributed by atoms with E-state index in [1.165, 1.54) is 10.9 Å². The van der Waals surface area contributed by atoms with Crippen LogP contribution in [0, 0.1) is 17.0 Å². The summed E-state index contributed by atoms with van der Waals surface area (Å²) < 4.78 is 18.1. The van der Waals surface area contributed by atoms with E-state index in [9.17, 15) is 10.1 Å². The molecule has 0 spiro atoms. The summed E-state index contributed by atoms with van der Waals surface area (Å²) in [7, 11) is 0. The lowest BCUT2D eigenvalue weighted by molar-refractivity contribution is -0.386. The molecule has 1 N–H and O–H groups in total. The maximum Gasteiger partial charge on any atom is 0.352 e. The Morgan fingerprint density at radius 1 is 1.29 bits per heavy atom. The average Bonchev–Trinajstić information content (AvgIpc) is 3.00. The van der Waals surface area contributed by atoms with Crippen LogP contribution in [0.3, 0.4) is 0 Å². The van der Waals surface area contributed by atoms with Gasteiger partial charge in [-0.3, -0.25) is 14.8 Å². The Bertz CT molecular complexity index is 875. The van der Waals surface area contributed by atoms with E-state index in [2.05, 4.69) is 20.4 Å². The first-order chi connectivity index (χ1) is 14.8. The number of halogens is 2. The van der Waals surface area contributed by atoms with Gasteiger partial charge in [0.1, 0.15) is 16.5 Å². The number of ether oxygens (including phenoxy) is 3. The van der Waals surface area contributed by atoms with Crippen LogP contribution in [0.5, 0.6) is 5.88 Å². The van der Waals surface area contributed by atoms with Crippen LogP contribution in [-0.4, -0.2) is 56.8 Å². The zero-order chi connectivity index (χ0) is 23.0. The van der Waals surface area contributed by atoms with E-state index >= 15 is 0 Å². The molecule has 11 nitrogen and oxygen atoms in total. The van der Waals surface area contributed by atoms with E-state index in [0.717, 1.165) is 0 Å². The highest BCUT2D eigenvalue weighted by atomic mass is 35.5. The van der Waals surface area contributed by atoms with E-state index in [-0.39, 0.29) is 36.0 Å². The molecule has 0 saturated heterocycles. The van der Waals surface area contributed by atoms with Gasteiger partial charge < -0.3 is 19.5 Å². The lowest BCUT2D eigenvalue weighted by atomic mass is 10.2. The van der Waals surface area contributed by atoms with E-state index in [0.29, 0.717) is 36.2 Å². The van der Waals surface area contributed by atoms with Crippen LogP contribution in [0.4, 0.5) is 11.5 Å². The van der Waals surface area contributed by atoms with Gasteiger partial charge in [-0.1, -0.05) is 11.6 Å². The second-order valence-electron chi connectivity index (χ2n) is 6.54. The Morgan fingerprint density at radius 3 is 2.58 bits per heavy atom. The second kappa shape index (κ2) is 12.0. The molecule has 0 amide bonds. The van der Waals surface area contributed by atoms with Crippen molar-refractivity contribution < 1.29 is 19.1 Å². The van der Waals surface area contributed by atoms with E-state index in [1.54, 1.807) is 6.92 Å². The van der Waals surface area contributed by atoms with Crippen LogP contribution >= 0.6 is 23.2 Å². The van der Waals surface area contributed by atoms with Gasteiger partial charge in [0, 0.05) is 25.7 Å². The molecule has 0 saturated carbocycles. The number of aromatic nitrogens is 4. The van der Waals surface area contributed by atoms with E-state index in [1.807, 2.05) is 20.8 Å². The minimum absolute atomic E-state index is 0.0513. The van der Waals surface area contributed by atoms with Crippen molar-refractivity contribution in [2.24, 2.45) is 0 Å². The molecule has 0 fully saturated rings. The van der Waals surface area contributed by atoms with Crippen molar-refractivity contribution in [1.29, 1.82) is 0 Å². The van der Waals surface area contributed by atoms with Gasteiger partial charge in [0.05, 0.1) is 24.3 Å². The second-order valence-corrected chi connectivity index (χ2v) is 7.28. The fourth-order valence-corrected chi connectivity index (χ4v) is 3.02. The van der Waals surface area contributed by atoms with Crippen LogP contribution in [0.25, 0.3) is 0 Å². The predicted octanol–water partition coefficient (Wildman–Crippen LogP) is 3.87. The minimum atomic E-state index is -0.560. The molecule has 0 aromatic carbocycles. The molecule has 1 unspecified atom stereocenters. The van der Waals surface area contributed by atoms with Crippen molar-refractivity contribution in [2.75, 3.05) is 25.1 Å². The maximum absolute atomic E-state index is 11.6. The van der Waals surface area contributed by atoms with Gasteiger partial charge in [-0.25, -0.2) is 4.98 Å². The number of rotatable bonds is 13. The molecule has 2 aromatic rings. The van der Waals surface area contributed by atoms with Gasteiger partial charge in [0.2, 0.25) is 5.28 Å². The Kier molecular flexibility index (Phi) is 9.69. The average molecular weight is 477 g/mol. The van der Waals surface area contributed by atoms with Gasteiger partial charge in [-0.2, -0.15) is 4.98 Å². The third kappa shape index (κ3) is 7.17. The lowest BCUT2D eigenvalue weighted by Crippen LogP contribution is -2.25. The Hall–Kier alpha value is -2.21. The number of nitrogens with one attached hydrogen (secondary N) is 1. The largest absolute Gasteiger partial charge is 0.472 e. The zero-order valence-corrected chi connectivity index (χ0v) is 19.3. The maximum atomic E-state index is 11.6. The predicted molar refractivity (Wildman–Crippen MR) is 116 cm³/mol. The zero-order valence-electron chi connectivity index (χ0n) is 17.8. The molecule has 13 heteroatoms. The standard InChI is InChI=1S/C18H26Cl2N6O5/c1-5-29-14(30-6-2)10-25-12(4)15(26(27)28)17(24-25)31-8-7-11(3)22-16-13(19)9-21-18(20)23-16/h9,11,14H,5-8,10H2,1-4H3,(H,21,22,23). The summed E-state index contributed by atoms with van der Waals surface area (Å²) in [5, 5.41) is 19.3. The van der Waals surface area contributed by atoms with E-state index < -0.39 is 11.2 Å². The highest BCUT2D eigenvalue weighted by molar-refractivity contribution is 6.33. The summed E-state index contributed by atoms with van der Waals surface area (Å²) in [6, 6.07) is -0.106. The van der Waals surface area contributed by atoms with Gasteiger partial charge >= 0.3 is 11.6 Å². The molecule has 2 aromatic heterocycles. The van der Waals surface area contributed by atoms with Crippen molar-refractivity contribution in [3.05, 3.63) is 32.3 Å². The molecule has 31 heavy (non-hydrogen) atoms. The third-order valence-corrected chi connectivity index (χ3v) is 4.70. The SMILES string of the molecule is CCOC(Cn1nc(OCCC(C)Nc2nc(Cl)ncc2Cl)c([N+](=O)[O-])c1C)OCC. The Labute approximate surface area is 190 Å². The molecule has 172 valence electrons. The van der Waals surface area contributed by atoms with Crippen molar-refractivity contribution in [3.63, 3.8) is 0 Å². The fourth-order valence-electron chi connectivity index (χ4n) is 2.75. The summed E-state index contributed by atoms with van der Waals surface area (Å²) >= 11 is 11.8. The fraction of sp³-hybridized carbons (Fsp3) is 0.611. The molecule has 1 atom stereocenters. The minimum Gasteiger partial charge on any atom is -0.472 e. The molecule has 0 aliphatic heterocycles. The number of nitro groups is 1. The highest BCUT2D eigenvalue weighted by Crippen LogP contribution is 2.30. The van der Waals surface area contributed by atoms with E-state index in [4.69, 9.17) is 37.4 Å². The lowest BCUT2D eigenvalue weighted by Gasteiger charge is -2.17. The first kappa shape index (κ1) is 25.1. The first-order valence-electron chi connectivity index (χ1n) is 9.79. The van der Waals surface area contributed by atoms with Crippen LogP contribution in [0.2, 0.25) is 10.3 Å². The number of hydrogen-bond acceptors (Lipinski definition) is 9. The van der Waals surface area contributed by atoms with Crippen LogP contribution in [0.15, 0.2) is 6.20 Å². The highest BCUT2D eigenvalue weighted by Gasteiger charge is 2.28. The molecule has 0 aliphatic rings. The monoisotopic (exact) mass is 476 g/mol. The molecule has 2 rings (SSSR count). The van der Waals surface area contributed by atoms with Crippen molar-refractivity contribution in [1.82, 2.24) is 19.7 Å². The molecular formula is C18H26Cl2N6O5. The molecule has 0 bridgehead atoms. The normalized spacial score (nSPS) is 12.2. The van der Waals surface area contributed by atoms with Gasteiger partial charge in [-0.15, -0.1) is 5.10 Å². The Balaban J connectivity index is 2.03. The number of hydrogen-bond donors (Lipinski definition) is 1. The van der Waals surface area contributed by atoms with Gasteiger partial charge in [0.15, 0.2) is 6.29 Å². The summed E-state index contributed by atoms with van der Waals surface area (Å²) in [4.78, 5) is 18.9. The topological polar surface area (TPSA) is 126 Å². The van der Waals surface area contributed by atoms with Crippen LogP contribution in [0.1, 0.15) is 32.9 Å². The number of nitrogens with zero attached hydrogens (tertiary/aromatic N) is 5. The summed E-state index contributed by atoms with van der Waals surface area (Å²) in [6.07, 6.45) is 1.34. The summed E-state index contributed by atoms with van der Waals surface area (Å²) in [5.41, 5.74) is 0.177. The Morgan fingerprint density at radius 2 is 1.97 bits per heavy atom. The first-order valence-corrected chi connectivity index (χ1v) is 10.5. The summed E-state index contributed by atoms with van der Waals surface area (Å²) in [5.74, 6) is 0.350. The summed E-state index contributed by atoms with van der Waals surface area (Å²) in [6.45, 7) is 8.48. The van der Waals surface area contributed by atoms with Gasteiger partial charge in [0.25, 0.3) is 0 Å². The molecule has 2 heterocycles. The van der Waals surface area contributed by atoms with Crippen molar-refractivity contribution in [3.8, 4) is 5.88 Å². The number of anilines is 1. The van der Waals surface area contributed by atoms with Crippen molar-refractivity contribution in [2.45, 2.75) is 53.0 Å². The smallest absolute Gasteiger partial charge is 0.352 e. The van der Waals surface area contributed by atoms with Crippen LogP contribution in [-0.2, 0) is 16.0 Å². The molecule has 0 aliphatic carbocycles. The quantitative estimate of drug-likeness (QED) is 0.198. The molecule has 0 radical (unpaired) electrons. The molecular weight excluding hydrogens is 451 g/mol. The van der Waals surface area contributed by atoms with Crippen molar-refractivity contribution >= 4 is 34.7 Å². The van der Waals surface area contributed by atoms with Gasteiger partial charge in [-0.05, 0) is 39.3 Å².